The number of furan rings is 1. The molecule has 0 aliphatic heterocycles. The minimum absolute atomic E-state index is 0.473. The fourth-order valence-electron chi connectivity index (χ4n) is 1.40. The Balaban J connectivity index is 2.11. The van der Waals surface area contributed by atoms with Crippen molar-refractivity contribution in [2.75, 3.05) is 26.2 Å². The first-order chi connectivity index (χ1) is 9.36. The third-order valence-corrected chi connectivity index (χ3v) is 2.24. The van der Waals surface area contributed by atoms with Gasteiger partial charge in [0.1, 0.15) is 12.4 Å². The van der Waals surface area contributed by atoms with E-state index in [9.17, 15) is 0 Å². The van der Waals surface area contributed by atoms with Crippen molar-refractivity contribution in [2.45, 2.75) is 20.0 Å². The maximum absolute atomic E-state index is 5.46. The Morgan fingerprint density at radius 3 is 3.11 bits per heavy atom. The Labute approximate surface area is 114 Å². The Bertz CT molecular complexity index is 393. The van der Waals surface area contributed by atoms with Crippen LogP contribution in [0.2, 0.25) is 0 Å². The van der Waals surface area contributed by atoms with Gasteiger partial charge in [0.25, 0.3) is 0 Å². The summed E-state index contributed by atoms with van der Waals surface area (Å²) in [4.78, 5) is 4.38. The second-order valence-corrected chi connectivity index (χ2v) is 3.80. The van der Waals surface area contributed by atoms with Crippen molar-refractivity contribution in [2.24, 2.45) is 4.99 Å². The number of nitrogens with one attached hydrogen (secondary N) is 2. The zero-order valence-corrected chi connectivity index (χ0v) is 11.3. The lowest BCUT2D eigenvalue weighted by atomic mass is 10.4. The van der Waals surface area contributed by atoms with Crippen LogP contribution in [0.5, 0.6) is 0 Å². The van der Waals surface area contributed by atoms with E-state index in [1.165, 1.54) is 0 Å². The minimum atomic E-state index is 0.473. The third kappa shape index (κ3) is 7.17. The fraction of sp³-hybridized carbons (Fsp3) is 0.500. The summed E-state index contributed by atoms with van der Waals surface area (Å²) in [7, 11) is 0. The van der Waals surface area contributed by atoms with Gasteiger partial charge in [-0.1, -0.05) is 5.92 Å². The number of guanidine groups is 1. The summed E-state index contributed by atoms with van der Waals surface area (Å²) >= 11 is 0. The van der Waals surface area contributed by atoms with Gasteiger partial charge in [-0.05, 0) is 25.5 Å². The van der Waals surface area contributed by atoms with Gasteiger partial charge in [0.15, 0.2) is 5.96 Å². The lowest BCUT2D eigenvalue weighted by molar-refractivity contribution is 0.105. The molecular formula is C14H21N3O2. The molecule has 0 radical (unpaired) electrons. The van der Waals surface area contributed by atoms with Crippen molar-refractivity contribution >= 4 is 5.96 Å². The molecule has 104 valence electrons. The maximum atomic E-state index is 5.46. The van der Waals surface area contributed by atoms with Crippen LogP contribution in [0, 0.1) is 12.3 Å². The second-order valence-electron chi connectivity index (χ2n) is 3.80. The van der Waals surface area contributed by atoms with Gasteiger partial charge < -0.3 is 19.8 Å². The van der Waals surface area contributed by atoms with Crippen LogP contribution in [0.15, 0.2) is 27.8 Å². The topological polar surface area (TPSA) is 58.8 Å². The Kier molecular flexibility index (Phi) is 7.99. The summed E-state index contributed by atoms with van der Waals surface area (Å²) in [5, 5.41) is 6.15. The predicted octanol–water partition coefficient (Wildman–Crippen LogP) is 1.37. The number of terminal acetylenes is 1. The van der Waals surface area contributed by atoms with Crippen LogP contribution in [0.25, 0.3) is 0 Å². The zero-order valence-electron chi connectivity index (χ0n) is 11.3. The summed E-state index contributed by atoms with van der Waals surface area (Å²) in [6.07, 6.45) is 7.69. The number of ether oxygens (including phenoxy) is 1. The van der Waals surface area contributed by atoms with Gasteiger partial charge in [0.05, 0.1) is 12.8 Å². The molecule has 1 heterocycles. The van der Waals surface area contributed by atoms with Gasteiger partial charge in [0.2, 0.25) is 0 Å². The minimum Gasteiger partial charge on any atom is -0.467 e. The van der Waals surface area contributed by atoms with Gasteiger partial charge >= 0.3 is 0 Å². The zero-order chi connectivity index (χ0) is 13.8. The van der Waals surface area contributed by atoms with Gasteiger partial charge in [-0.3, -0.25) is 4.99 Å². The Hall–Kier alpha value is -1.93. The molecule has 0 bridgehead atoms. The first-order valence-electron chi connectivity index (χ1n) is 6.42. The molecule has 0 aliphatic carbocycles. The van der Waals surface area contributed by atoms with Gasteiger partial charge in [-0.25, -0.2) is 0 Å². The second kappa shape index (κ2) is 10.0. The largest absolute Gasteiger partial charge is 0.467 e. The van der Waals surface area contributed by atoms with Crippen molar-refractivity contribution in [3.05, 3.63) is 24.2 Å². The van der Waals surface area contributed by atoms with E-state index in [2.05, 4.69) is 21.5 Å². The predicted molar refractivity (Wildman–Crippen MR) is 75.8 cm³/mol. The average molecular weight is 263 g/mol. The number of hydrogen-bond donors (Lipinski definition) is 2. The molecule has 5 nitrogen and oxygen atoms in total. The van der Waals surface area contributed by atoms with Gasteiger partial charge in [0, 0.05) is 19.7 Å². The number of aliphatic imine (C=N–C) groups is 1. The lowest BCUT2D eigenvalue weighted by Crippen LogP contribution is -2.37. The SMILES string of the molecule is C#CCNC(=NCCCOCc1ccco1)NCC. The van der Waals surface area contributed by atoms with Crippen LogP contribution in [0.1, 0.15) is 19.1 Å². The summed E-state index contributed by atoms with van der Waals surface area (Å²) in [5.74, 6) is 4.10. The molecule has 0 aromatic carbocycles. The molecule has 19 heavy (non-hydrogen) atoms. The van der Waals surface area contributed by atoms with Crippen LogP contribution >= 0.6 is 0 Å². The third-order valence-electron chi connectivity index (χ3n) is 2.24. The van der Waals surface area contributed by atoms with E-state index in [-0.39, 0.29) is 0 Å². The van der Waals surface area contributed by atoms with Crippen molar-refractivity contribution in [1.82, 2.24) is 10.6 Å². The van der Waals surface area contributed by atoms with E-state index in [0.29, 0.717) is 26.3 Å². The molecule has 0 aliphatic rings. The van der Waals surface area contributed by atoms with E-state index >= 15 is 0 Å². The quantitative estimate of drug-likeness (QED) is 0.322. The molecule has 0 spiro atoms. The molecule has 0 unspecified atom stereocenters. The van der Waals surface area contributed by atoms with Crippen molar-refractivity contribution < 1.29 is 9.15 Å². The highest BCUT2D eigenvalue weighted by Crippen LogP contribution is 2.01. The molecule has 2 N–H and O–H groups in total. The van der Waals surface area contributed by atoms with Crippen molar-refractivity contribution in [3.8, 4) is 12.3 Å². The van der Waals surface area contributed by atoms with E-state index in [0.717, 1.165) is 24.7 Å². The van der Waals surface area contributed by atoms with Crippen LogP contribution in [-0.2, 0) is 11.3 Å². The van der Waals surface area contributed by atoms with Crippen LogP contribution in [0.3, 0.4) is 0 Å². The first kappa shape index (κ1) is 15.1. The molecule has 1 rings (SSSR count). The summed E-state index contributed by atoms with van der Waals surface area (Å²) in [5.41, 5.74) is 0. The summed E-state index contributed by atoms with van der Waals surface area (Å²) in [6, 6.07) is 3.74. The molecule has 0 fully saturated rings. The molecule has 0 atom stereocenters. The molecule has 0 saturated heterocycles. The van der Waals surface area contributed by atoms with E-state index in [1.807, 2.05) is 19.1 Å². The van der Waals surface area contributed by atoms with Gasteiger partial charge in [-0.15, -0.1) is 6.42 Å². The highest BCUT2D eigenvalue weighted by molar-refractivity contribution is 5.79. The Morgan fingerprint density at radius 1 is 1.53 bits per heavy atom. The molecule has 0 saturated carbocycles. The lowest BCUT2D eigenvalue weighted by Gasteiger charge is -2.08. The highest BCUT2D eigenvalue weighted by Gasteiger charge is 1.96. The summed E-state index contributed by atoms with van der Waals surface area (Å²) in [6.45, 7) is 5.15. The molecule has 0 amide bonds. The van der Waals surface area contributed by atoms with E-state index in [4.69, 9.17) is 15.6 Å². The van der Waals surface area contributed by atoms with Crippen molar-refractivity contribution in [1.29, 1.82) is 0 Å². The fourth-order valence-corrected chi connectivity index (χ4v) is 1.40. The van der Waals surface area contributed by atoms with Crippen LogP contribution < -0.4 is 10.6 Å². The van der Waals surface area contributed by atoms with Gasteiger partial charge in [-0.2, -0.15) is 0 Å². The molecule has 1 aromatic heterocycles. The summed E-state index contributed by atoms with van der Waals surface area (Å²) < 4.78 is 10.6. The smallest absolute Gasteiger partial charge is 0.192 e. The number of rotatable bonds is 8. The number of nitrogens with zero attached hydrogens (tertiary/aromatic N) is 1. The van der Waals surface area contributed by atoms with E-state index < -0.39 is 0 Å². The van der Waals surface area contributed by atoms with Crippen LogP contribution in [0.4, 0.5) is 0 Å². The molecular weight excluding hydrogens is 242 g/mol. The standard InChI is InChI=1S/C14H21N3O2/c1-3-8-16-14(15-4-2)17-9-6-10-18-12-13-7-5-11-19-13/h1,5,7,11H,4,6,8-10,12H2,2H3,(H2,15,16,17). The normalized spacial score (nSPS) is 11.1. The molecule has 5 heteroatoms. The molecule has 1 aromatic rings. The van der Waals surface area contributed by atoms with Crippen LogP contribution in [-0.4, -0.2) is 32.2 Å². The maximum Gasteiger partial charge on any atom is 0.192 e. The Morgan fingerprint density at radius 2 is 2.42 bits per heavy atom. The highest BCUT2D eigenvalue weighted by atomic mass is 16.5. The first-order valence-corrected chi connectivity index (χ1v) is 6.42. The number of hydrogen-bond acceptors (Lipinski definition) is 3. The monoisotopic (exact) mass is 263 g/mol. The van der Waals surface area contributed by atoms with E-state index in [1.54, 1.807) is 6.26 Å². The average Bonchev–Trinajstić information content (AvgIpc) is 2.93. The van der Waals surface area contributed by atoms with Crippen molar-refractivity contribution in [3.63, 3.8) is 0 Å².